The minimum absolute atomic E-state index is 0.212. The summed E-state index contributed by atoms with van der Waals surface area (Å²) >= 11 is 6.18. The van der Waals surface area contributed by atoms with Gasteiger partial charge in [-0.2, -0.15) is 5.10 Å². The Labute approximate surface area is 130 Å². The molecule has 0 bridgehead atoms. The van der Waals surface area contributed by atoms with Crippen molar-refractivity contribution in [2.45, 2.75) is 0 Å². The van der Waals surface area contributed by atoms with Gasteiger partial charge in [0, 0.05) is 11.6 Å². The number of nitrogens with zero attached hydrogens (tertiary/aromatic N) is 2. The number of halogens is 1. The average molecular weight is 315 g/mol. The third kappa shape index (κ3) is 2.33. The van der Waals surface area contributed by atoms with Gasteiger partial charge >= 0.3 is 0 Å². The number of anilines is 1. The molecule has 1 aromatic heterocycles. The van der Waals surface area contributed by atoms with Crippen LogP contribution in [0.3, 0.4) is 0 Å². The summed E-state index contributed by atoms with van der Waals surface area (Å²) in [5, 5.41) is 4.68. The number of nitrogens with one attached hydrogen (secondary N) is 2. The molecule has 2 aromatic carbocycles. The van der Waals surface area contributed by atoms with Gasteiger partial charge < -0.3 is 14.5 Å². The number of hydrazone groups is 1. The molecule has 110 valence electrons. The molecule has 1 aliphatic heterocycles. The molecule has 0 amide bonds. The third-order valence-electron chi connectivity index (χ3n) is 3.26. The van der Waals surface area contributed by atoms with Gasteiger partial charge in [0.1, 0.15) is 0 Å². The van der Waals surface area contributed by atoms with Crippen LogP contribution in [-0.4, -0.2) is 23.0 Å². The maximum atomic E-state index is 6.18. The molecule has 3 aromatic rings. The van der Waals surface area contributed by atoms with E-state index >= 15 is 0 Å². The Hall–Kier alpha value is -2.73. The van der Waals surface area contributed by atoms with E-state index in [-0.39, 0.29) is 6.79 Å². The third-order valence-corrected chi connectivity index (χ3v) is 3.58. The van der Waals surface area contributed by atoms with Crippen molar-refractivity contribution >= 4 is 34.8 Å². The number of para-hydroxylation sites is 2. The van der Waals surface area contributed by atoms with Gasteiger partial charge in [-0.25, -0.2) is 10.4 Å². The molecule has 0 radical (unpaired) electrons. The molecule has 2 heterocycles. The highest BCUT2D eigenvalue weighted by Crippen LogP contribution is 2.36. The Morgan fingerprint density at radius 3 is 2.91 bits per heavy atom. The van der Waals surface area contributed by atoms with Crippen LogP contribution in [0, 0.1) is 0 Å². The quantitative estimate of drug-likeness (QED) is 0.574. The first kappa shape index (κ1) is 13.0. The summed E-state index contributed by atoms with van der Waals surface area (Å²) in [7, 11) is 0. The minimum Gasteiger partial charge on any atom is -0.454 e. The van der Waals surface area contributed by atoms with E-state index in [9.17, 15) is 0 Å². The first-order chi connectivity index (χ1) is 10.8. The van der Waals surface area contributed by atoms with E-state index in [1.54, 1.807) is 18.3 Å². The normalized spacial score (nSPS) is 13.1. The van der Waals surface area contributed by atoms with Crippen LogP contribution in [0.2, 0.25) is 5.02 Å². The zero-order valence-corrected chi connectivity index (χ0v) is 12.1. The molecule has 0 saturated carbocycles. The molecule has 6 nitrogen and oxygen atoms in total. The Balaban J connectivity index is 1.54. The zero-order chi connectivity index (χ0) is 14.9. The molecular weight excluding hydrogens is 304 g/mol. The molecule has 0 spiro atoms. The standard InChI is InChI=1S/C15H11ClN4O2/c16-10-6-14-13(21-8-22-14)5-9(10)7-17-20-15-18-11-3-1-2-4-12(11)19-15/h1-7H,8H2,(H2,18,19,20). The maximum absolute atomic E-state index is 6.18. The number of aromatic nitrogens is 2. The van der Waals surface area contributed by atoms with E-state index in [1.165, 1.54) is 0 Å². The van der Waals surface area contributed by atoms with Crippen molar-refractivity contribution < 1.29 is 9.47 Å². The predicted octanol–water partition coefficient (Wildman–Crippen LogP) is 3.39. The minimum atomic E-state index is 0.212. The van der Waals surface area contributed by atoms with Crippen LogP contribution < -0.4 is 14.9 Å². The highest BCUT2D eigenvalue weighted by atomic mass is 35.5. The van der Waals surface area contributed by atoms with Gasteiger partial charge in [-0.1, -0.05) is 23.7 Å². The number of H-pyrrole nitrogens is 1. The Morgan fingerprint density at radius 2 is 2.05 bits per heavy atom. The van der Waals surface area contributed by atoms with E-state index in [0.717, 1.165) is 16.6 Å². The number of imidazole rings is 1. The van der Waals surface area contributed by atoms with E-state index in [1.807, 2.05) is 24.3 Å². The summed E-state index contributed by atoms with van der Waals surface area (Å²) in [6, 6.07) is 11.3. The highest BCUT2D eigenvalue weighted by molar-refractivity contribution is 6.33. The van der Waals surface area contributed by atoms with E-state index < -0.39 is 0 Å². The van der Waals surface area contributed by atoms with Crippen LogP contribution in [0.1, 0.15) is 5.56 Å². The van der Waals surface area contributed by atoms with Gasteiger partial charge in [-0.05, 0) is 18.2 Å². The lowest BCUT2D eigenvalue weighted by atomic mass is 10.2. The molecule has 22 heavy (non-hydrogen) atoms. The lowest BCUT2D eigenvalue weighted by molar-refractivity contribution is 0.174. The second-order valence-electron chi connectivity index (χ2n) is 4.70. The van der Waals surface area contributed by atoms with E-state index in [2.05, 4.69) is 20.5 Å². The van der Waals surface area contributed by atoms with Crippen LogP contribution in [0.25, 0.3) is 11.0 Å². The van der Waals surface area contributed by atoms with Gasteiger partial charge in [-0.3, -0.25) is 0 Å². The fourth-order valence-corrected chi connectivity index (χ4v) is 2.40. The van der Waals surface area contributed by atoms with Crippen LogP contribution in [0.5, 0.6) is 11.5 Å². The Morgan fingerprint density at radius 1 is 1.23 bits per heavy atom. The smallest absolute Gasteiger partial charge is 0.231 e. The lowest BCUT2D eigenvalue weighted by Gasteiger charge is -2.01. The fourth-order valence-electron chi connectivity index (χ4n) is 2.20. The Bertz CT molecular complexity index is 842. The summed E-state index contributed by atoms with van der Waals surface area (Å²) < 4.78 is 10.6. The molecule has 4 rings (SSSR count). The van der Waals surface area contributed by atoms with Crippen molar-refractivity contribution in [3.05, 3.63) is 47.0 Å². The lowest BCUT2D eigenvalue weighted by Crippen LogP contribution is -1.93. The molecule has 0 atom stereocenters. The number of ether oxygens (including phenoxy) is 2. The van der Waals surface area contributed by atoms with Gasteiger partial charge in [0.15, 0.2) is 11.5 Å². The van der Waals surface area contributed by atoms with Crippen molar-refractivity contribution in [2.75, 3.05) is 12.2 Å². The van der Waals surface area contributed by atoms with Gasteiger partial charge in [0.2, 0.25) is 12.7 Å². The number of benzene rings is 2. The number of hydrogen-bond acceptors (Lipinski definition) is 5. The first-order valence-corrected chi connectivity index (χ1v) is 7.00. The summed E-state index contributed by atoms with van der Waals surface area (Å²) in [5.41, 5.74) is 5.40. The first-order valence-electron chi connectivity index (χ1n) is 6.62. The van der Waals surface area contributed by atoms with E-state index in [4.69, 9.17) is 21.1 Å². The van der Waals surface area contributed by atoms with Gasteiger partial charge in [0.05, 0.1) is 22.3 Å². The maximum Gasteiger partial charge on any atom is 0.231 e. The number of rotatable bonds is 3. The van der Waals surface area contributed by atoms with Crippen molar-refractivity contribution in [1.82, 2.24) is 9.97 Å². The SMILES string of the molecule is Clc1cc2c(cc1C=NNc1nc3ccccc3[nH]1)OCO2. The van der Waals surface area contributed by atoms with Crippen molar-refractivity contribution in [3.63, 3.8) is 0 Å². The number of aromatic amines is 1. The van der Waals surface area contributed by atoms with Crippen LogP contribution in [-0.2, 0) is 0 Å². The number of hydrogen-bond donors (Lipinski definition) is 2. The molecule has 0 aliphatic carbocycles. The predicted molar refractivity (Wildman–Crippen MR) is 84.9 cm³/mol. The number of fused-ring (bicyclic) bond motifs is 2. The Kier molecular flexibility index (Phi) is 3.08. The molecular formula is C15H11ClN4O2. The molecule has 0 unspecified atom stereocenters. The van der Waals surface area contributed by atoms with Gasteiger partial charge in [-0.15, -0.1) is 0 Å². The topological polar surface area (TPSA) is 71.5 Å². The van der Waals surface area contributed by atoms with Crippen molar-refractivity contribution in [2.24, 2.45) is 5.10 Å². The van der Waals surface area contributed by atoms with Crippen molar-refractivity contribution in [3.8, 4) is 11.5 Å². The summed E-state index contributed by atoms with van der Waals surface area (Å²) in [6.45, 7) is 0.212. The second-order valence-corrected chi connectivity index (χ2v) is 5.11. The summed E-state index contributed by atoms with van der Waals surface area (Å²) in [5.74, 6) is 1.87. The molecule has 0 saturated heterocycles. The fraction of sp³-hybridized carbons (Fsp3) is 0.0667. The van der Waals surface area contributed by atoms with Crippen LogP contribution in [0.15, 0.2) is 41.5 Å². The van der Waals surface area contributed by atoms with E-state index in [0.29, 0.717) is 22.5 Å². The molecule has 0 fully saturated rings. The molecule has 1 aliphatic rings. The summed E-state index contributed by atoms with van der Waals surface area (Å²) in [4.78, 5) is 7.49. The monoisotopic (exact) mass is 314 g/mol. The highest BCUT2D eigenvalue weighted by Gasteiger charge is 2.15. The summed E-state index contributed by atoms with van der Waals surface area (Å²) in [6.07, 6.45) is 1.61. The largest absolute Gasteiger partial charge is 0.454 e. The van der Waals surface area contributed by atoms with Crippen LogP contribution >= 0.6 is 11.6 Å². The zero-order valence-electron chi connectivity index (χ0n) is 11.3. The molecule has 2 N–H and O–H groups in total. The van der Waals surface area contributed by atoms with Gasteiger partial charge in [0.25, 0.3) is 0 Å². The van der Waals surface area contributed by atoms with Crippen molar-refractivity contribution in [1.29, 1.82) is 0 Å². The second kappa shape index (κ2) is 5.23. The molecule has 7 heteroatoms. The van der Waals surface area contributed by atoms with Crippen LogP contribution in [0.4, 0.5) is 5.95 Å². The average Bonchev–Trinajstić information content (AvgIpc) is 3.12.